The number of carbonyl (C=O) groups excluding carboxylic acids is 1. The number of rotatable bonds is 6. The van der Waals surface area contributed by atoms with Crippen molar-refractivity contribution in [1.82, 2.24) is 0 Å². The first-order valence-electron chi connectivity index (χ1n) is 8.92. The molecule has 0 spiro atoms. The molecule has 0 radical (unpaired) electrons. The Bertz CT molecular complexity index is 962. The van der Waals surface area contributed by atoms with Crippen LogP contribution in [0.1, 0.15) is 6.92 Å². The van der Waals surface area contributed by atoms with Crippen molar-refractivity contribution in [3.8, 4) is 0 Å². The molecule has 2 nitrogen and oxygen atoms in total. The fraction of sp³-hybridized carbons (Fsp3) is 0.0870. The summed E-state index contributed by atoms with van der Waals surface area (Å²) in [5, 5.41) is 6.20. The van der Waals surface area contributed by atoms with Gasteiger partial charge in [0.2, 0.25) is 0 Å². The van der Waals surface area contributed by atoms with E-state index < -0.39 is 19.9 Å². The van der Waals surface area contributed by atoms with Gasteiger partial charge >= 0.3 is 6.18 Å². The monoisotopic (exact) mass is 413 g/mol. The minimum atomic E-state index is -4.89. The number of halogens is 3. The van der Waals surface area contributed by atoms with E-state index in [2.05, 4.69) is 5.32 Å². The zero-order valence-electron chi connectivity index (χ0n) is 15.6. The van der Waals surface area contributed by atoms with E-state index in [1.54, 1.807) is 0 Å². The molecule has 0 aliphatic heterocycles. The van der Waals surface area contributed by atoms with Crippen LogP contribution in [-0.2, 0) is 4.79 Å². The van der Waals surface area contributed by atoms with Crippen LogP contribution in [0.2, 0.25) is 0 Å². The summed E-state index contributed by atoms with van der Waals surface area (Å²) in [5.41, 5.74) is 0.811. The number of para-hydroxylation sites is 1. The van der Waals surface area contributed by atoms with Gasteiger partial charge < -0.3 is 5.32 Å². The highest BCUT2D eigenvalue weighted by atomic mass is 31.1. The topological polar surface area (TPSA) is 29.1 Å². The minimum absolute atomic E-state index is 0.135. The summed E-state index contributed by atoms with van der Waals surface area (Å²) in [6.07, 6.45) is -4.30. The van der Waals surface area contributed by atoms with E-state index >= 15 is 0 Å². The molecule has 0 saturated heterocycles. The van der Waals surface area contributed by atoms with E-state index in [0.717, 1.165) is 15.9 Å². The Morgan fingerprint density at radius 3 is 1.83 bits per heavy atom. The molecule has 0 fully saturated rings. The maximum absolute atomic E-state index is 12.6. The summed E-state index contributed by atoms with van der Waals surface area (Å²) in [6, 6.07) is 27.5. The van der Waals surface area contributed by atoms with Gasteiger partial charge in [-0.3, -0.25) is 4.79 Å². The molecule has 0 aromatic heterocycles. The van der Waals surface area contributed by atoms with Crippen LogP contribution < -0.4 is 21.2 Å². The molecule has 0 bridgehead atoms. The molecule has 0 atom stereocenters. The molecule has 0 aliphatic carbocycles. The lowest BCUT2D eigenvalue weighted by Gasteiger charge is -2.23. The molecule has 29 heavy (non-hydrogen) atoms. The van der Waals surface area contributed by atoms with Crippen LogP contribution in [0.25, 0.3) is 0 Å². The number of allylic oxidation sites excluding steroid dienone is 2. The van der Waals surface area contributed by atoms with Gasteiger partial charge in [-0.05, 0) is 31.5 Å². The molecule has 3 aromatic rings. The number of benzene rings is 3. The van der Waals surface area contributed by atoms with Crippen molar-refractivity contribution in [3.05, 3.63) is 96.7 Å². The van der Waals surface area contributed by atoms with E-state index in [1.165, 1.54) is 6.92 Å². The van der Waals surface area contributed by atoms with Crippen LogP contribution >= 0.6 is 7.92 Å². The molecule has 0 heterocycles. The summed E-state index contributed by atoms with van der Waals surface area (Å²) < 4.78 is 37.7. The van der Waals surface area contributed by atoms with Gasteiger partial charge in [0, 0.05) is 22.8 Å². The smallest absolute Gasteiger partial charge is 0.358 e. The fourth-order valence-electron chi connectivity index (χ4n) is 2.88. The zero-order chi connectivity index (χ0) is 20.9. The summed E-state index contributed by atoms with van der Waals surface area (Å²) in [7, 11) is -0.937. The lowest BCUT2D eigenvalue weighted by molar-refractivity contribution is -0.165. The van der Waals surface area contributed by atoms with Crippen LogP contribution in [0.15, 0.2) is 96.7 Å². The fourth-order valence-corrected chi connectivity index (χ4v) is 5.28. The number of alkyl halides is 3. The van der Waals surface area contributed by atoms with Crippen molar-refractivity contribution in [3.63, 3.8) is 0 Å². The van der Waals surface area contributed by atoms with Crippen molar-refractivity contribution < 1.29 is 18.0 Å². The third kappa shape index (κ3) is 5.33. The quantitative estimate of drug-likeness (QED) is 0.461. The molecule has 3 aromatic carbocycles. The predicted octanol–water partition coefficient (Wildman–Crippen LogP) is 4.89. The van der Waals surface area contributed by atoms with Crippen LogP contribution in [0.4, 0.5) is 18.9 Å². The van der Waals surface area contributed by atoms with Gasteiger partial charge in [0.25, 0.3) is 5.78 Å². The zero-order valence-corrected chi connectivity index (χ0v) is 16.5. The third-order valence-electron chi connectivity index (χ3n) is 4.13. The highest BCUT2D eigenvalue weighted by Gasteiger charge is 2.36. The first kappa shape index (κ1) is 20.8. The SMILES string of the molecule is C/C(=C/C(=O)C(F)(F)F)Nc1ccccc1P(c1ccccc1)c1ccccc1. The number of hydrogen-bond acceptors (Lipinski definition) is 2. The van der Waals surface area contributed by atoms with Crippen LogP contribution in [0.3, 0.4) is 0 Å². The highest BCUT2D eigenvalue weighted by Crippen LogP contribution is 2.35. The van der Waals surface area contributed by atoms with Crippen LogP contribution in [0, 0.1) is 0 Å². The highest BCUT2D eigenvalue weighted by molar-refractivity contribution is 7.80. The van der Waals surface area contributed by atoms with Gasteiger partial charge in [-0.1, -0.05) is 78.9 Å². The van der Waals surface area contributed by atoms with Crippen molar-refractivity contribution in [2.45, 2.75) is 13.1 Å². The van der Waals surface area contributed by atoms with Crippen LogP contribution in [-0.4, -0.2) is 12.0 Å². The first-order valence-corrected chi connectivity index (χ1v) is 10.3. The Morgan fingerprint density at radius 1 is 0.828 bits per heavy atom. The first-order chi connectivity index (χ1) is 13.9. The molecule has 0 aliphatic rings. The Kier molecular flexibility index (Phi) is 6.50. The minimum Gasteiger partial charge on any atom is -0.358 e. The number of carbonyl (C=O) groups is 1. The molecule has 0 saturated carbocycles. The van der Waals surface area contributed by atoms with Gasteiger partial charge in [0.15, 0.2) is 0 Å². The average molecular weight is 413 g/mol. The van der Waals surface area contributed by atoms with Gasteiger partial charge in [-0.15, -0.1) is 0 Å². The Morgan fingerprint density at radius 2 is 1.31 bits per heavy atom. The van der Waals surface area contributed by atoms with Crippen molar-refractivity contribution in [2.24, 2.45) is 0 Å². The van der Waals surface area contributed by atoms with E-state index in [-0.39, 0.29) is 5.70 Å². The number of ketones is 1. The average Bonchev–Trinajstić information content (AvgIpc) is 2.70. The number of nitrogens with one attached hydrogen (secondary N) is 1. The molecule has 1 N–H and O–H groups in total. The summed E-state index contributed by atoms with van der Waals surface area (Å²) in [4.78, 5) is 11.3. The second-order valence-corrected chi connectivity index (χ2v) is 8.52. The van der Waals surface area contributed by atoms with Crippen molar-refractivity contribution in [2.75, 3.05) is 5.32 Å². The van der Waals surface area contributed by atoms with Gasteiger partial charge in [0.1, 0.15) is 0 Å². The summed E-state index contributed by atoms with van der Waals surface area (Å²) in [5.74, 6) is -1.88. The Hall–Kier alpha value is -2.91. The molecule has 3 rings (SSSR count). The van der Waals surface area contributed by atoms with Crippen LogP contribution in [0.5, 0.6) is 0 Å². The molecule has 0 amide bonds. The molecule has 6 heteroatoms. The molecular weight excluding hydrogens is 394 g/mol. The lowest BCUT2D eigenvalue weighted by atomic mass is 10.2. The molecule has 0 unspecified atom stereocenters. The van der Waals surface area contributed by atoms with E-state index in [0.29, 0.717) is 11.8 Å². The van der Waals surface area contributed by atoms with Crippen molar-refractivity contribution in [1.29, 1.82) is 0 Å². The third-order valence-corrected chi connectivity index (χ3v) is 6.63. The Labute approximate surface area is 168 Å². The molecular formula is C23H19F3NOP. The largest absolute Gasteiger partial charge is 0.454 e. The predicted molar refractivity (Wildman–Crippen MR) is 114 cm³/mol. The van der Waals surface area contributed by atoms with Crippen molar-refractivity contribution >= 4 is 35.3 Å². The van der Waals surface area contributed by atoms with Gasteiger partial charge in [0.05, 0.1) is 0 Å². The normalized spacial score (nSPS) is 12.1. The van der Waals surface area contributed by atoms with Gasteiger partial charge in [-0.25, -0.2) is 0 Å². The van der Waals surface area contributed by atoms with E-state index in [9.17, 15) is 18.0 Å². The van der Waals surface area contributed by atoms with E-state index in [1.807, 2.05) is 84.9 Å². The Balaban J connectivity index is 2.03. The number of anilines is 1. The summed E-state index contributed by atoms with van der Waals surface area (Å²) in [6.45, 7) is 1.45. The standard InChI is InChI=1S/C23H19F3NOP/c1-17(16-22(28)23(24,25)26)27-20-14-8-9-15-21(20)29(18-10-4-2-5-11-18)19-12-6-3-7-13-19/h2-16,27H,1H3/b17-16-. The maximum atomic E-state index is 12.6. The molecule has 148 valence electrons. The number of hydrogen-bond donors (Lipinski definition) is 1. The summed E-state index contributed by atoms with van der Waals surface area (Å²) >= 11 is 0. The second-order valence-electron chi connectivity index (χ2n) is 6.34. The maximum Gasteiger partial charge on any atom is 0.454 e. The lowest BCUT2D eigenvalue weighted by Crippen LogP contribution is -2.24. The second kappa shape index (κ2) is 9.06. The van der Waals surface area contributed by atoms with Gasteiger partial charge in [-0.2, -0.15) is 13.2 Å². The van der Waals surface area contributed by atoms with E-state index in [4.69, 9.17) is 0 Å².